The minimum Gasteiger partial charge on any atom is -0.300 e. The predicted octanol–water partition coefficient (Wildman–Crippen LogP) is 7.83. The largest absolute Gasteiger partial charge is 0.300 e. The summed E-state index contributed by atoms with van der Waals surface area (Å²) in [5, 5.41) is 0.331. The zero-order valence-electron chi connectivity index (χ0n) is 19.3. The van der Waals surface area contributed by atoms with Gasteiger partial charge in [0.25, 0.3) is 0 Å². The van der Waals surface area contributed by atoms with Gasteiger partial charge in [-0.2, -0.15) is 0 Å². The van der Waals surface area contributed by atoms with Gasteiger partial charge in [-0.3, -0.25) is 0 Å². The van der Waals surface area contributed by atoms with Crippen LogP contribution in [0, 0.1) is 0 Å². The van der Waals surface area contributed by atoms with Crippen LogP contribution in [0.3, 0.4) is 0 Å². The average Bonchev–Trinajstić information content (AvgIpc) is 2.79. The van der Waals surface area contributed by atoms with Crippen LogP contribution in [0.5, 0.6) is 0 Å². The molecule has 2 aromatic carbocycles. The number of nitrogens with zero attached hydrogens (tertiary/aromatic N) is 1. The lowest BCUT2D eigenvalue weighted by Gasteiger charge is -2.32. The van der Waals surface area contributed by atoms with Crippen molar-refractivity contribution in [3.05, 3.63) is 71.3 Å². The minimum atomic E-state index is 0.166. The third-order valence-corrected chi connectivity index (χ3v) is 7.88. The van der Waals surface area contributed by atoms with Gasteiger partial charge in [0.1, 0.15) is 0 Å². The molecule has 0 amide bonds. The molecule has 0 bridgehead atoms. The summed E-state index contributed by atoms with van der Waals surface area (Å²) in [5.41, 5.74) is 4.17. The fourth-order valence-corrected chi connectivity index (χ4v) is 6.10. The van der Waals surface area contributed by atoms with Gasteiger partial charge in [0.05, 0.1) is 0 Å². The van der Waals surface area contributed by atoms with Crippen LogP contribution in [-0.4, -0.2) is 34.8 Å². The maximum atomic E-state index is 6.62. The van der Waals surface area contributed by atoms with E-state index in [2.05, 4.69) is 73.3 Å². The Balaban J connectivity index is 1.56. The molecule has 1 nitrogen and oxygen atoms in total. The number of alkyl halides is 2. The maximum Gasteiger partial charge on any atom is 0.0418 e. The molecule has 0 N–H and O–H groups in total. The van der Waals surface area contributed by atoms with Crippen molar-refractivity contribution in [2.75, 3.05) is 13.1 Å². The Morgan fingerprint density at radius 1 is 0.839 bits per heavy atom. The first-order chi connectivity index (χ1) is 15.1. The van der Waals surface area contributed by atoms with Gasteiger partial charge in [0.2, 0.25) is 0 Å². The lowest BCUT2D eigenvalue weighted by molar-refractivity contribution is 0.183. The van der Waals surface area contributed by atoms with Gasteiger partial charge < -0.3 is 4.90 Å². The molecule has 0 spiro atoms. The third-order valence-electron chi connectivity index (χ3n) is 6.90. The van der Waals surface area contributed by atoms with Crippen molar-refractivity contribution in [2.45, 2.75) is 87.9 Å². The van der Waals surface area contributed by atoms with E-state index in [4.69, 9.17) is 23.2 Å². The van der Waals surface area contributed by atoms with Crippen molar-refractivity contribution in [3.8, 4) is 0 Å². The van der Waals surface area contributed by atoms with E-state index < -0.39 is 0 Å². The Morgan fingerprint density at radius 2 is 1.48 bits per heavy atom. The summed E-state index contributed by atoms with van der Waals surface area (Å²) >= 11 is 13.2. The van der Waals surface area contributed by atoms with E-state index in [1.807, 2.05) is 0 Å². The molecule has 3 unspecified atom stereocenters. The molecule has 3 rings (SSSR count). The molecule has 1 aliphatic rings. The van der Waals surface area contributed by atoms with Gasteiger partial charge in [-0.1, -0.05) is 74.9 Å². The first kappa shape index (κ1) is 24.6. The molecule has 0 radical (unpaired) electrons. The molecule has 0 aliphatic heterocycles. The van der Waals surface area contributed by atoms with Crippen LogP contribution < -0.4 is 0 Å². The predicted molar refractivity (Wildman–Crippen MR) is 137 cm³/mol. The smallest absolute Gasteiger partial charge is 0.0418 e. The highest BCUT2D eigenvalue weighted by Gasteiger charge is 2.32. The van der Waals surface area contributed by atoms with E-state index in [0.29, 0.717) is 6.04 Å². The van der Waals surface area contributed by atoms with Crippen LogP contribution in [0.1, 0.15) is 75.0 Å². The second-order valence-electron chi connectivity index (χ2n) is 9.10. The van der Waals surface area contributed by atoms with Crippen molar-refractivity contribution in [2.24, 2.45) is 0 Å². The molecule has 0 aromatic heterocycles. The standard InChI is InChI=1S/C28H39Cl2N/c1-3-20-31(21-19-22-9-6-5-7-10-22)25(4-2)18-15-23-13-16-24(17-14-23)28-26(29)11-8-12-27(28)30/h5-7,9-10,13-14,16-17,25-28H,3-4,8,11-12,15,18-21H2,1-2H3. The molecule has 0 saturated heterocycles. The van der Waals surface area contributed by atoms with E-state index in [1.165, 1.54) is 42.5 Å². The molecule has 1 saturated carbocycles. The van der Waals surface area contributed by atoms with Gasteiger partial charge in [0, 0.05) is 29.3 Å². The van der Waals surface area contributed by atoms with E-state index in [0.717, 1.165) is 38.6 Å². The molecule has 0 heterocycles. The average molecular weight is 461 g/mol. The van der Waals surface area contributed by atoms with Crippen LogP contribution in [0.15, 0.2) is 54.6 Å². The highest BCUT2D eigenvalue weighted by Crippen LogP contribution is 2.39. The van der Waals surface area contributed by atoms with Crippen LogP contribution in [0.4, 0.5) is 0 Å². The normalized spacial score (nSPS) is 22.5. The Morgan fingerprint density at radius 3 is 2.10 bits per heavy atom. The van der Waals surface area contributed by atoms with Crippen molar-refractivity contribution in [1.29, 1.82) is 0 Å². The lowest BCUT2D eigenvalue weighted by Crippen LogP contribution is -2.37. The summed E-state index contributed by atoms with van der Waals surface area (Å²) in [6.07, 6.45) is 9.18. The van der Waals surface area contributed by atoms with Crippen molar-refractivity contribution < 1.29 is 0 Å². The number of hydrogen-bond acceptors (Lipinski definition) is 1. The Bertz CT molecular complexity index is 735. The maximum absolute atomic E-state index is 6.62. The second-order valence-corrected chi connectivity index (χ2v) is 10.2. The zero-order chi connectivity index (χ0) is 22.1. The summed E-state index contributed by atoms with van der Waals surface area (Å²) in [6.45, 7) is 6.95. The van der Waals surface area contributed by atoms with E-state index >= 15 is 0 Å². The molecular weight excluding hydrogens is 421 g/mol. The molecule has 31 heavy (non-hydrogen) atoms. The monoisotopic (exact) mass is 459 g/mol. The first-order valence-corrected chi connectivity index (χ1v) is 13.1. The van der Waals surface area contributed by atoms with E-state index in [9.17, 15) is 0 Å². The fourth-order valence-electron chi connectivity index (χ4n) is 5.08. The topological polar surface area (TPSA) is 3.24 Å². The number of rotatable bonds is 11. The van der Waals surface area contributed by atoms with Crippen LogP contribution in [-0.2, 0) is 12.8 Å². The molecule has 1 aliphatic carbocycles. The van der Waals surface area contributed by atoms with Crippen LogP contribution in [0.2, 0.25) is 0 Å². The van der Waals surface area contributed by atoms with Gasteiger partial charge in [-0.05, 0) is 68.2 Å². The van der Waals surface area contributed by atoms with E-state index in [1.54, 1.807) is 0 Å². The highest BCUT2D eigenvalue weighted by molar-refractivity contribution is 6.24. The molecule has 2 aromatic rings. The zero-order valence-corrected chi connectivity index (χ0v) is 20.8. The second kappa shape index (κ2) is 12.9. The summed E-state index contributed by atoms with van der Waals surface area (Å²) in [5.74, 6) is 0.285. The number of hydrogen-bond donors (Lipinski definition) is 0. The molecule has 3 heteroatoms. The lowest BCUT2D eigenvalue weighted by atomic mass is 9.83. The summed E-state index contributed by atoms with van der Waals surface area (Å²) < 4.78 is 0. The van der Waals surface area contributed by atoms with Crippen LogP contribution >= 0.6 is 23.2 Å². The van der Waals surface area contributed by atoms with Crippen molar-refractivity contribution in [3.63, 3.8) is 0 Å². The number of halogens is 2. The van der Waals surface area contributed by atoms with Crippen molar-refractivity contribution >= 4 is 23.2 Å². The Hall–Kier alpha value is -1.02. The highest BCUT2D eigenvalue weighted by atomic mass is 35.5. The van der Waals surface area contributed by atoms with Gasteiger partial charge in [-0.15, -0.1) is 23.2 Å². The third kappa shape index (κ3) is 7.24. The Labute approximate surface area is 200 Å². The molecular formula is C28H39Cl2N. The summed E-state index contributed by atoms with van der Waals surface area (Å²) in [6, 6.07) is 20.7. The molecule has 1 fully saturated rings. The van der Waals surface area contributed by atoms with Gasteiger partial charge in [0.15, 0.2) is 0 Å². The summed E-state index contributed by atoms with van der Waals surface area (Å²) in [7, 11) is 0. The fraction of sp³-hybridized carbons (Fsp3) is 0.571. The Kier molecular flexibility index (Phi) is 10.2. The minimum absolute atomic E-state index is 0.166. The summed E-state index contributed by atoms with van der Waals surface area (Å²) in [4.78, 5) is 2.71. The molecule has 3 atom stereocenters. The van der Waals surface area contributed by atoms with Gasteiger partial charge >= 0.3 is 0 Å². The first-order valence-electron chi connectivity index (χ1n) is 12.3. The van der Waals surface area contributed by atoms with Gasteiger partial charge in [-0.25, -0.2) is 0 Å². The van der Waals surface area contributed by atoms with E-state index in [-0.39, 0.29) is 16.7 Å². The van der Waals surface area contributed by atoms with Crippen molar-refractivity contribution in [1.82, 2.24) is 4.90 Å². The number of aryl methyl sites for hydroxylation is 1. The van der Waals surface area contributed by atoms with Crippen LogP contribution in [0.25, 0.3) is 0 Å². The number of benzene rings is 2. The SMILES string of the molecule is CCCN(CCc1ccccc1)C(CC)CCc1ccc(C2C(Cl)CCCC2Cl)cc1. The quantitative estimate of drug-likeness (QED) is 0.309. The molecule has 170 valence electrons.